The van der Waals surface area contributed by atoms with Crippen LogP contribution >= 0.6 is 27.7 Å². The van der Waals surface area contributed by atoms with E-state index in [1.54, 1.807) is 0 Å². The zero-order valence-corrected chi connectivity index (χ0v) is 14.9. The number of carbonyl (C=O) groups excluding carboxylic acids is 2. The lowest BCUT2D eigenvalue weighted by molar-refractivity contribution is -0.146. The van der Waals surface area contributed by atoms with E-state index in [4.69, 9.17) is 4.74 Å². The van der Waals surface area contributed by atoms with Gasteiger partial charge in [-0.25, -0.2) is 0 Å². The first-order chi connectivity index (χ1) is 11.0. The highest BCUT2D eigenvalue weighted by atomic mass is 79.9. The Hall–Kier alpha value is -1.52. The van der Waals surface area contributed by atoms with Gasteiger partial charge in [0.05, 0.1) is 11.8 Å². The first-order valence-corrected chi connectivity index (χ1v) is 9.07. The predicted octanol–water partition coefficient (Wildman–Crippen LogP) is 3.04. The number of ether oxygens (including phenoxy) is 1. The van der Waals surface area contributed by atoms with Gasteiger partial charge in [0.25, 0.3) is 5.91 Å². The number of esters is 1. The summed E-state index contributed by atoms with van der Waals surface area (Å²) in [6, 6.07) is 9.74. The number of carbonyl (C=O) groups is 2. The standard InChI is InChI=1S/C16H17BrN2O3S/c17-12-3-5-13(6-4-12)23-10-15(21)22-9-14(20)19-16(11-18)7-1-2-8-16/h3-6H,1-2,7-10H2,(H,19,20). The lowest BCUT2D eigenvalue weighted by Crippen LogP contribution is -2.46. The van der Waals surface area contributed by atoms with E-state index in [9.17, 15) is 14.9 Å². The van der Waals surface area contributed by atoms with Gasteiger partial charge < -0.3 is 10.1 Å². The number of hydrogen-bond acceptors (Lipinski definition) is 5. The van der Waals surface area contributed by atoms with Crippen molar-refractivity contribution in [3.05, 3.63) is 28.7 Å². The Morgan fingerprint density at radius 2 is 1.96 bits per heavy atom. The highest BCUT2D eigenvalue weighted by molar-refractivity contribution is 9.10. The van der Waals surface area contributed by atoms with Crippen molar-refractivity contribution in [1.29, 1.82) is 5.26 Å². The van der Waals surface area contributed by atoms with Gasteiger partial charge in [0.15, 0.2) is 6.61 Å². The summed E-state index contributed by atoms with van der Waals surface area (Å²) < 4.78 is 5.93. The Labute approximate surface area is 147 Å². The molecule has 0 unspecified atom stereocenters. The monoisotopic (exact) mass is 396 g/mol. The second-order valence-electron chi connectivity index (χ2n) is 5.35. The molecule has 1 aromatic carbocycles. The molecule has 1 aromatic rings. The minimum Gasteiger partial charge on any atom is -0.455 e. The summed E-state index contributed by atoms with van der Waals surface area (Å²) in [7, 11) is 0. The Kier molecular flexibility index (Phi) is 6.48. The highest BCUT2D eigenvalue weighted by Crippen LogP contribution is 2.28. The van der Waals surface area contributed by atoms with Crippen LogP contribution in [0.3, 0.4) is 0 Å². The summed E-state index contributed by atoms with van der Waals surface area (Å²) in [5, 5.41) is 11.9. The highest BCUT2D eigenvalue weighted by Gasteiger charge is 2.35. The fraction of sp³-hybridized carbons (Fsp3) is 0.438. The molecule has 0 heterocycles. The van der Waals surface area contributed by atoms with Crippen LogP contribution in [0.5, 0.6) is 0 Å². The van der Waals surface area contributed by atoms with Crippen LogP contribution < -0.4 is 5.32 Å². The number of hydrogen-bond donors (Lipinski definition) is 1. The summed E-state index contributed by atoms with van der Waals surface area (Å²) in [6.45, 7) is -0.344. The number of thioether (sulfide) groups is 1. The summed E-state index contributed by atoms with van der Waals surface area (Å²) in [4.78, 5) is 24.5. The van der Waals surface area contributed by atoms with Crippen LogP contribution in [0, 0.1) is 11.3 Å². The maximum absolute atomic E-state index is 11.8. The van der Waals surface area contributed by atoms with Crippen LogP contribution in [-0.4, -0.2) is 29.8 Å². The van der Waals surface area contributed by atoms with E-state index in [-0.39, 0.29) is 12.4 Å². The summed E-state index contributed by atoms with van der Waals surface area (Å²) in [5.41, 5.74) is -0.782. The van der Waals surface area contributed by atoms with E-state index in [2.05, 4.69) is 27.3 Å². The van der Waals surface area contributed by atoms with Crippen molar-refractivity contribution in [2.24, 2.45) is 0 Å². The molecule has 0 saturated heterocycles. The van der Waals surface area contributed by atoms with E-state index in [1.165, 1.54) is 11.8 Å². The maximum Gasteiger partial charge on any atom is 0.316 e. The first kappa shape index (κ1) is 17.8. The molecule has 1 aliphatic carbocycles. The van der Waals surface area contributed by atoms with Crippen molar-refractivity contribution in [2.45, 2.75) is 36.1 Å². The minimum absolute atomic E-state index is 0.137. The summed E-state index contributed by atoms with van der Waals surface area (Å²) >= 11 is 4.69. The van der Waals surface area contributed by atoms with E-state index in [0.29, 0.717) is 12.8 Å². The van der Waals surface area contributed by atoms with Crippen molar-refractivity contribution in [2.75, 3.05) is 12.4 Å². The molecule has 0 radical (unpaired) electrons. The van der Waals surface area contributed by atoms with Gasteiger partial charge in [0, 0.05) is 9.37 Å². The zero-order valence-electron chi connectivity index (χ0n) is 12.5. The Balaban J connectivity index is 1.70. The van der Waals surface area contributed by atoms with Crippen LogP contribution in [0.25, 0.3) is 0 Å². The Bertz CT molecular complexity index is 607. The Morgan fingerprint density at radius 3 is 2.57 bits per heavy atom. The molecule has 7 heteroatoms. The van der Waals surface area contributed by atoms with Gasteiger partial charge in [0.1, 0.15) is 5.54 Å². The third-order valence-electron chi connectivity index (χ3n) is 3.58. The van der Waals surface area contributed by atoms with E-state index in [1.807, 2.05) is 24.3 Å². The molecule has 1 amide bonds. The number of halogens is 1. The molecule has 5 nitrogen and oxygen atoms in total. The molecule has 1 aliphatic rings. The minimum atomic E-state index is -0.782. The lowest BCUT2D eigenvalue weighted by Gasteiger charge is -2.21. The number of benzene rings is 1. The Morgan fingerprint density at radius 1 is 1.30 bits per heavy atom. The SMILES string of the molecule is N#CC1(NC(=O)COC(=O)CSc2ccc(Br)cc2)CCCC1. The quantitative estimate of drug-likeness (QED) is 0.590. The van der Waals surface area contributed by atoms with Crippen LogP contribution in [0.4, 0.5) is 0 Å². The first-order valence-electron chi connectivity index (χ1n) is 7.29. The van der Waals surface area contributed by atoms with Gasteiger partial charge in [-0.1, -0.05) is 15.9 Å². The van der Waals surface area contributed by atoms with Gasteiger partial charge in [-0.05, 0) is 49.9 Å². The molecular weight excluding hydrogens is 380 g/mol. The van der Waals surface area contributed by atoms with Crippen molar-refractivity contribution >= 4 is 39.6 Å². The number of rotatable bonds is 6. The van der Waals surface area contributed by atoms with Gasteiger partial charge in [-0.3, -0.25) is 9.59 Å². The zero-order chi connectivity index (χ0) is 16.7. The smallest absolute Gasteiger partial charge is 0.316 e. The topological polar surface area (TPSA) is 79.2 Å². The third-order valence-corrected chi connectivity index (χ3v) is 5.10. The van der Waals surface area contributed by atoms with Crippen molar-refractivity contribution in [3.8, 4) is 6.07 Å². The molecule has 0 aliphatic heterocycles. The largest absolute Gasteiger partial charge is 0.455 e. The average Bonchev–Trinajstić information content (AvgIpc) is 3.01. The number of nitrogens with one attached hydrogen (secondary N) is 1. The molecule has 122 valence electrons. The molecule has 1 N–H and O–H groups in total. The normalized spacial score (nSPS) is 15.7. The fourth-order valence-electron chi connectivity index (χ4n) is 2.41. The maximum atomic E-state index is 11.8. The molecule has 23 heavy (non-hydrogen) atoms. The van der Waals surface area contributed by atoms with Crippen LogP contribution in [0.1, 0.15) is 25.7 Å². The molecule has 1 fully saturated rings. The number of nitrogens with zero attached hydrogens (tertiary/aromatic N) is 1. The average molecular weight is 397 g/mol. The van der Waals surface area contributed by atoms with Gasteiger partial charge in [0.2, 0.25) is 0 Å². The fourth-order valence-corrected chi connectivity index (χ4v) is 3.37. The van der Waals surface area contributed by atoms with Gasteiger partial charge in [-0.15, -0.1) is 11.8 Å². The van der Waals surface area contributed by atoms with Crippen LogP contribution in [0.2, 0.25) is 0 Å². The van der Waals surface area contributed by atoms with Crippen LogP contribution in [0.15, 0.2) is 33.6 Å². The van der Waals surface area contributed by atoms with Crippen molar-refractivity contribution < 1.29 is 14.3 Å². The van der Waals surface area contributed by atoms with Gasteiger partial charge >= 0.3 is 5.97 Å². The van der Waals surface area contributed by atoms with E-state index < -0.39 is 17.4 Å². The number of nitriles is 1. The van der Waals surface area contributed by atoms with E-state index >= 15 is 0 Å². The molecule has 1 saturated carbocycles. The molecule has 2 rings (SSSR count). The molecule has 0 spiro atoms. The third kappa shape index (κ3) is 5.56. The predicted molar refractivity (Wildman–Crippen MR) is 90.8 cm³/mol. The molecule has 0 bridgehead atoms. The van der Waals surface area contributed by atoms with Gasteiger partial charge in [-0.2, -0.15) is 5.26 Å². The lowest BCUT2D eigenvalue weighted by atomic mass is 10.00. The molecule has 0 aromatic heterocycles. The summed E-state index contributed by atoms with van der Waals surface area (Å²) in [5.74, 6) is -0.737. The van der Waals surface area contributed by atoms with Crippen molar-refractivity contribution in [3.63, 3.8) is 0 Å². The number of amides is 1. The van der Waals surface area contributed by atoms with Crippen molar-refractivity contribution in [1.82, 2.24) is 5.32 Å². The summed E-state index contributed by atoms with van der Waals surface area (Å²) in [6.07, 6.45) is 3.17. The molecular formula is C16H17BrN2O3S. The second kappa shape index (κ2) is 8.37. The van der Waals surface area contributed by atoms with Crippen LogP contribution in [-0.2, 0) is 14.3 Å². The van der Waals surface area contributed by atoms with E-state index in [0.717, 1.165) is 22.2 Å². The second-order valence-corrected chi connectivity index (χ2v) is 7.32. The molecule has 0 atom stereocenters.